The summed E-state index contributed by atoms with van der Waals surface area (Å²) in [5, 5.41) is 0. The summed E-state index contributed by atoms with van der Waals surface area (Å²) in [5.41, 5.74) is 10.5. The molecule has 3 aromatic heterocycles. The van der Waals surface area contributed by atoms with Gasteiger partial charge in [-0.15, -0.1) is 0 Å². The molecule has 7 nitrogen and oxygen atoms in total. The van der Waals surface area contributed by atoms with Gasteiger partial charge in [0.25, 0.3) is 5.91 Å². The van der Waals surface area contributed by atoms with E-state index < -0.39 is 5.91 Å². The van der Waals surface area contributed by atoms with Crippen LogP contribution in [-0.4, -0.2) is 25.8 Å². The SMILES string of the molecule is NC(=O)c1cccc(COc2cc(-c3cncnc3)c3c(n2)CCCC3)n1. The van der Waals surface area contributed by atoms with Gasteiger partial charge >= 0.3 is 0 Å². The lowest BCUT2D eigenvalue weighted by molar-refractivity contribution is 0.0995. The van der Waals surface area contributed by atoms with Gasteiger partial charge in [0, 0.05) is 29.7 Å². The first-order chi connectivity index (χ1) is 13.2. The molecule has 3 heterocycles. The Balaban J connectivity index is 1.63. The quantitative estimate of drug-likeness (QED) is 0.749. The molecule has 0 fully saturated rings. The average Bonchev–Trinajstić information content (AvgIpc) is 2.72. The number of rotatable bonds is 5. The number of amides is 1. The zero-order chi connectivity index (χ0) is 18.6. The van der Waals surface area contributed by atoms with E-state index in [-0.39, 0.29) is 12.3 Å². The molecule has 7 heteroatoms. The second kappa shape index (κ2) is 7.49. The van der Waals surface area contributed by atoms with Crippen LogP contribution in [0.4, 0.5) is 0 Å². The number of fused-ring (bicyclic) bond motifs is 1. The van der Waals surface area contributed by atoms with Gasteiger partial charge < -0.3 is 10.5 Å². The minimum Gasteiger partial charge on any atom is -0.471 e. The molecule has 0 radical (unpaired) electrons. The third-order valence-electron chi connectivity index (χ3n) is 4.58. The zero-order valence-corrected chi connectivity index (χ0v) is 14.8. The van der Waals surface area contributed by atoms with Crippen LogP contribution in [0.3, 0.4) is 0 Å². The van der Waals surface area contributed by atoms with Crippen molar-refractivity contribution in [3.8, 4) is 17.0 Å². The summed E-state index contributed by atoms with van der Waals surface area (Å²) in [6, 6.07) is 7.03. The number of pyridine rings is 2. The van der Waals surface area contributed by atoms with Crippen LogP contribution in [0.15, 0.2) is 43.0 Å². The van der Waals surface area contributed by atoms with Gasteiger partial charge in [-0.1, -0.05) is 6.07 Å². The first-order valence-corrected chi connectivity index (χ1v) is 8.87. The number of primary amides is 1. The summed E-state index contributed by atoms with van der Waals surface area (Å²) in [6.07, 6.45) is 9.33. The minimum atomic E-state index is -0.560. The van der Waals surface area contributed by atoms with Gasteiger partial charge in [-0.25, -0.2) is 19.9 Å². The van der Waals surface area contributed by atoms with Gasteiger partial charge in [0.15, 0.2) is 0 Å². The maximum atomic E-state index is 11.3. The van der Waals surface area contributed by atoms with E-state index in [4.69, 9.17) is 10.5 Å². The van der Waals surface area contributed by atoms with Crippen LogP contribution >= 0.6 is 0 Å². The number of carbonyl (C=O) groups excluding carboxylic acids is 1. The van der Waals surface area contributed by atoms with Crippen LogP contribution in [0, 0.1) is 0 Å². The zero-order valence-electron chi connectivity index (χ0n) is 14.8. The fraction of sp³-hybridized carbons (Fsp3) is 0.250. The number of aromatic nitrogens is 4. The van der Waals surface area contributed by atoms with Crippen molar-refractivity contribution in [1.29, 1.82) is 0 Å². The fourth-order valence-corrected chi connectivity index (χ4v) is 3.29. The molecular formula is C20H19N5O2. The maximum absolute atomic E-state index is 11.3. The van der Waals surface area contributed by atoms with E-state index >= 15 is 0 Å². The molecule has 27 heavy (non-hydrogen) atoms. The van der Waals surface area contributed by atoms with Crippen molar-refractivity contribution < 1.29 is 9.53 Å². The molecule has 4 rings (SSSR count). The molecule has 136 valence electrons. The highest BCUT2D eigenvalue weighted by Gasteiger charge is 2.18. The lowest BCUT2D eigenvalue weighted by atomic mass is 9.90. The summed E-state index contributed by atoms with van der Waals surface area (Å²) < 4.78 is 5.89. The Hall–Kier alpha value is -3.35. The van der Waals surface area contributed by atoms with E-state index in [0.717, 1.165) is 42.5 Å². The number of ether oxygens (including phenoxy) is 1. The second-order valence-electron chi connectivity index (χ2n) is 6.43. The predicted molar refractivity (Wildman–Crippen MR) is 99.0 cm³/mol. The number of hydrogen-bond acceptors (Lipinski definition) is 6. The Morgan fingerprint density at radius 2 is 1.93 bits per heavy atom. The Kier molecular flexibility index (Phi) is 4.74. The molecule has 0 aliphatic heterocycles. The van der Waals surface area contributed by atoms with Gasteiger partial charge in [0.2, 0.25) is 5.88 Å². The molecule has 0 atom stereocenters. The summed E-state index contributed by atoms with van der Waals surface area (Å²) in [5.74, 6) is -0.0316. The Labute approximate surface area is 156 Å². The van der Waals surface area contributed by atoms with Crippen molar-refractivity contribution in [3.05, 3.63) is 65.6 Å². The third kappa shape index (κ3) is 3.76. The van der Waals surface area contributed by atoms with Crippen LogP contribution in [0.2, 0.25) is 0 Å². The summed E-state index contributed by atoms with van der Waals surface area (Å²) >= 11 is 0. The van der Waals surface area contributed by atoms with Crippen molar-refractivity contribution >= 4 is 5.91 Å². The Bertz CT molecular complexity index is 975. The normalized spacial score (nSPS) is 13.0. The van der Waals surface area contributed by atoms with E-state index in [1.807, 2.05) is 6.07 Å². The average molecular weight is 361 g/mol. The van der Waals surface area contributed by atoms with E-state index in [0.29, 0.717) is 11.6 Å². The number of nitrogens with zero attached hydrogens (tertiary/aromatic N) is 4. The smallest absolute Gasteiger partial charge is 0.267 e. The molecule has 0 bridgehead atoms. The number of nitrogens with two attached hydrogens (primary N) is 1. The standard InChI is InChI=1S/C20H19N5O2/c21-20(26)18-7-3-4-14(24-18)11-27-19-8-16(13-9-22-12-23-10-13)15-5-1-2-6-17(15)25-19/h3-4,7-10,12H,1-2,5-6,11H2,(H2,21,26). The lowest BCUT2D eigenvalue weighted by Crippen LogP contribution is -2.14. The summed E-state index contributed by atoms with van der Waals surface area (Å²) in [4.78, 5) is 28.4. The molecular weight excluding hydrogens is 342 g/mol. The van der Waals surface area contributed by atoms with Gasteiger partial charge in [0.1, 0.15) is 18.6 Å². The van der Waals surface area contributed by atoms with Crippen LogP contribution in [-0.2, 0) is 19.4 Å². The third-order valence-corrected chi connectivity index (χ3v) is 4.58. The number of aryl methyl sites for hydroxylation is 1. The molecule has 3 aromatic rings. The molecule has 0 saturated carbocycles. The monoisotopic (exact) mass is 361 g/mol. The van der Waals surface area contributed by atoms with Gasteiger partial charge in [-0.3, -0.25) is 4.79 Å². The first-order valence-electron chi connectivity index (χ1n) is 8.87. The van der Waals surface area contributed by atoms with Gasteiger partial charge in [-0.05, 0) is 48.9 Å². The van der Waals surface area contributed by atoms with Crippen LogP contribution in [0.1, 0.15) is 40.3 Å². The Morgan fingerprint density at radius 3 is 2.74 bits per heavy atom. The van der Waals surface area contributed by atoms with Crippen LogP contribution in [0.5, 0.6) is 5.88 Å². The highest BCUT2D eigenvalue weighted by Crippen LogP contribution is 2.33. The lowest BCUT2D eigenvalue weighted by Gasteiger charge is -2.20. The van der Waals surface area contributed by atoms with E-state index in [1.165, 1.54) is 11.9 Å². The highest BCUT2D eigenvalue weighted by molar-refractivity contribution is 5.90. The molecule has 0 saturated heterocycles. The Morgan fingerprint density at radius 1 is 1.11 bits per heavy atom. The van der Waals surface area contributed by atoms with E-state index in [9.17, 15) is 4.79 Å². The van der Waals surface area contributed by atoms with Crippen molar-refractivity contribution in [2.45, 2.75) is 32.3 Å². The van der Waals surface area contributed by atoms with Crippen molar-refractivity contribution in [3.63, 3.8) is 0 Å². The molecule has 0 unspecified atom stereocenters. The summed E-state index contributed by atoms with van der Waals surface area (Å²) in [6.45, 7) is 0.206. The van der Waals surface area contributed by atoms with Crippen molar-refractivity contribution in [2.75, 3.05) is 0 Å². The molecule has 1 amide bonds. The van der Waals surface area contributed by atoms with E-state index in [2.05, 4.69) is 19.9 Å². The molecule has 2 N–H and O–H groups in total. The maximum Gasteiger partial charge on any atom is 0.267 e. The minimum absolute atomic E-state index is 0.206. The number of hydrogen-bond donors (Lipinski definition) is 1. The van der Waals surface area contributed by atoms with Crippen LogP contribution in [0.25, 0.3) is 11.1 Å². The molecule has 0 aromatic carbocycles. The second-order valence-corrected chi connectivity index (χ2v) is 6.43. The van der Waals surface area contributed by atoms with Gasteiger partial charge in [-0.2, -0.15) is 0 Å². The topological polar surface area (TPSA) is 104 Å². The van der Waals surface area contributed by atoms with Crippen molar-refractivity contribution in [1.82, 2.24) is 19.9 Å². The summed E-state index contributed by atoms with van der Waals surface area (Å²) in [7, 11) is 0. The van der Waals surface area contributed by atoms with E-state index in [1.54, 1.807) is 30.6 Å². The predicted octanol–water partition coefficient (Wildman–Crippen LogP) is 2.49. The highest BCUT2D eigenvalue weighted by atomic mass is 16.5. The van der Waals surface area contributed by atoms with Crippen molar-refractivity contribution in [2.24, 2.45) is 5.73 Å². The number of carbonyl (C=O) groups is 1. The molecule has 1 aliphatic carbocycles. The largest absolute Gasteiger partial charge is 0.471 e. The van der Waals surface area contributed by atoms with Crippen LogP contribution < -0.4 is 10.5 Å². The molecule has 1 aliphatic rings. The molecule has 0 spiro atoms. The van der Waals surface area contributed by atoms with Gasteiger partial charge in [0.05, 0.1) is 5.69 Å². The fourth-order valence-electron chi connectivity index (χ4n) is 3.29. The first kappa shape index (κ1) is 17.1.